The Balaban J connectivity index is 1.64. The van der Waals surface area contributed by atoms with E-state index in [9.17, 15) is 13.2 Å². The minimum atomic E-state index is -3.80. The average Bonchev–Trinajstić information content (AvgIpc) is 3.05. The fourth-order valence-electron chi connectivity index (χ4n) is 2.24. The van der Waals surface area contributed by atoms with Crippen LogP contribution in [0.5, 0.6) is 0 Å². The van der Waals surface area contributed by atoms with Gasteiger partial charge in [-0.15, -0.1) is 0 Å². The molecule has 8 heteroatoms. The highest BCUT2D eigenvalue weighted by molar-refractivity contribution is 7.91. The van der Waals surface area contributed by atoms with Gasteiger partial charge in [0.25, 0.3) is 0 Å². The molecule has 0 radical (unpaired) electrons. The molecule has 128 valence electrons. The fourth-order valence-corrected chi connectivity index (χ4v) is 3.71. The minimum Gasteiger partial charge on any atom is -0.302 e. The number of aromatic nitrogens is 1. The maximum atomic E-state index is 12.1. The number of nitrogens with zero attached hydrogens (tertiary/aromatic N) is 1. The summed E-state index contributed by atoms with van der Waals surface area (Å²) in [6.45, 7) is 0. The predicted molar refractivity (Wildman–Crippen MR) is 97.7 cm³/mol. The molecule has 0 spiro atoms. The van der Waals surface area contributed by atoms with E-state index in [1.165, 1.54) is 0 Å². The van der Waals surface area contributed by atoms with Gasteiger partial charge in [0.2, 0.25) is 15.9 Å². The Bertz CT molecular complexity index is 981. The Morgan fingerprint density at radius 3 is 2.28 bits per heavy atom. The quantitative estimate of drug-likeness (QED) is 0.718. The number of nitrogens with two attached hydrogens (primary N) is 1. The average molecular weight is 373 g/mol. The molecule has 3 N–H and O–H groups in total. The number of sulfonamides is 1. The van der Waals surface area contributed by atoms with Gasteiger partial charge in [0.1, 0.15) is 0 Å². The van der Waals surface area contributed by atoms with E-state index >= 15 is 0 Å². The van der Waals surface area contributed by atoms with E-state index in [4.69, 9.17) is 5.14 Å². The molecule has 3 rings (SSSR count). The van der Waals surface area contributed by atoms with E-state index in [0.29, 0.717) is 0 Å². The van der Waals surface area contributed by atoms with Crippen LogP contribution < -0.4 is 10.5 Å². The standard InChI is InChI=1S/C17H15N3O3S2/c18-25(22,23)16-11-19-17(24-16)20-15(21)10-12-6-8-14(9-7-12)13-4-2-1-3-5-13/h1-9,11H,10H2,(H2,18,22,23)(H,19,20,21). The summed E-state index contributed by atoms with van der Waals surface area (Å²) in [7, 11) is -3.80. The third kappa shape index (κ3) is 4.50. The van der Waals surface area contributed by atoms with Crippen molar-refractivity contribution in [2.24, 2.45) is 5.14 Å². The van der Waals surface area contributed by atoms with Gasteiger partial charge in [0.15, 0.2) is 9.34 Å². The second-order valence-electron chi connectivity index (χ2n) is 5.32. The second-order valence-corrected chi connectivity index (χ2v) is 8.14. The maximum absolute atomic E-state index is 12.1. The zero-order valence-corrected chi connectivity index (χ0v) is 14.7. The summed E-state index contributed by atoms with van der Waals surface area (Å²) in [5.74, 6) is -0.275. The van der Waals surface area contributed by atoms with E-state index in [-0.39, 0.29) is 21.7 Å². The first kappa shape index (κ1) is 17.3. The molecule has 1 aromatic heterocycles. The van der Waals surface area contributed by atoms with Crippen LogP contribution in [0.1, 0.15) is 5.56 Å². The lowest BCUT2D eigenvalue weighted by molar-refractivity contribution is -0.115. The highest BCUT2D eigenvalue weighted by Crippen LogP contribution is 2.22. The van der Waals surface area contributed by atoms with Crippen molar-refractivity contribution in [3.05, 3.63) is 66.4 Å². The van der Waals surface area contributed by atoms with Crippen LogP contribution in [-0.2, 0) is 21.2 Å². The number of nitrogens with one attached hydrogen (secondary N) is 1. The molecule has 25 heavy (non-hydrogen) atoms. The molecular formula is C17H15N3O3S2. The van der Waals surface area contributed by atoms with Crippen LogP contribution in [0, 0.1) is 0 Å². The molecule has 3 aromatic rings. The van der Waals surface area contributed by atoms with Gasteiger partial charge in [0, 0.05) is 0 Å². The Kier molecular flexibility index (Phi) is 4.93. The first-order chi connectivity index (χ1) is 11.9. The molecule has 0 unspecified atom stereocenters. The zero-order chi connectivity index (χ0) is 17.9. The number of hydrogen-bond donors (Lipinski definition) is 2. The van der Waals surface area contributed by atoms with Crippen LogP contribution in [0.2, 0.25) is 0 Å². The van der Waals surface area contributed by atoms with Crippen molar-refractivity contribution < 1.29 is 13.2 Å². The van der Waals surface area contributed by atoms with Gasteiger partial charge in [-0.05, 0) is 16.7 Å². The first-order valence-electron chi connectivity index (χ1n) is 7.35. The van der Waals surface area contributed by atoms with Crippen molar-refractivity contribution in [2.45, 2.75) is 10.6 Å². The summed E-state index contributed by atoms with van der Waals surface area (Å²) in [6, 6.07) is 17.6. The lowest BCUT2D eigenvalue weighted by Gasteiger charge is -2.05. The topological polar surface area (TPSA) is 102 Å². The second kappa shape index (κ2) is 7.14. The van der Waals surface area contributed by atoms with Crippen LogP contribution >= 0.6 is 11.3 Å². The van der Waals surface area contributed by atoms with E-state index in [1.54, 1.807) is 0 Å². The summed E-state index contributed by atoms with van der Waals surface area (Å²) in [4.78, 5) is 15.9. The van der Waals surface area contributed by atoms with Gasteiger partial charge in [-0.3, -0.25) is 4.79 Å². The van der Waals surface area contributed by atoms with Crippen LogP contribution in [0.15, 0.2) is 65.0 Å². The van der Waals surface area contributed by atoms with Crippen LogP contribution in [0.4, 0.5) is 5.13 Å². The highest BCUT2D eigenvalue weighted by Gasteiger charge is 2.14. The van der Waals surface area contributed by atoms with Gasteiger partial charge in [0.05, 0.1) is 12.6 Å². The summed E-state index contributed by atoms with van der Waals surface area (Å²) in [5.41, 5.74) is 3.03. The molecule has 1 amide bonds. The Morgan fingerprint density at radius 1 is 1.04 bits per heavy atom. The van der Waals surface area contributed by atoms with Crippen LogP contribution in [0.3, 0.4) is 0 Å². The van der Waals surface area contributed by atoms with Gasteiger partial charge < -0.3 is 5.32 Å². The van der Waals surface area contributed by atoms with Crippen molar-refractivity contribution in [2.75, 3.05) is 5.32 Å². The van der Waals surface area contributed by atoms with Crippen molar-refractivity contribution in [3.8, 4) is 11.1 Å². The molecule has 0 aliphatic heterocycles. The number of carbonyl (C=O) groups excluding carboxylic acids is 1. The first-order valence-corrected chi connectivity index (χ1v) is 9.71. The van der Waals surface area contributed by atoms with Gasteiger partial charge in [-0.2, -0.15) is 0 Å². The van der Waals surface area contributed by atoms with E-state index < -0.39 is 10.0 Å². The number of rotatable bonds is 5. The Morgan fingerprint density at radius 2 is 1.68 bits per heavy atom. The summed E-state index contributed by atoms with van der Waals surface area (Å²) in [5, 5.41) is 7.80. The number of carbonyl (C=O) groups is 1. The Hall–Kier alpha value is -2.55. The molecule has 0 bridgehead atoms. The number of benzene rings is 2. The lowest BCUT2D eigenvalue weighted by Crippen LogP contribution is -2.14. The molecule has 6 nitrogen and oxygen atoms in total. The zero-order valence-electron chi connectivity index (χ0n) is 13.0. The normalized spacial score (nSPS) is 11.2. The fraction of sp³-hybridized carbons (Fsp3) is 0.0588. The Labute approximate surface area is 149 Å². The monoisotopic (exact) mass is 373 g/mol. The molecular weight excluding hydrogens is 358 g/mol. The third-order valence-electron chi connectivity index (χ3n) is 3.44. The highest BCUT2D eigenvalue weighted by atomic mass is 32.2. The summed E-state index contributed by atoms with van der Waals surface area (Å²) >= 11 is 0.822. The van der Waals surface area contributed by atoms with Crippen LogP contribution in [0.25, 0.3) is 11.1 Å². The smallest absolute Gasteiger partial charge is 0.249 e. The summed E-state index contributed by atoms with van der Waals surface area (Å²) < 4.78 is 22.3. The number of thiazole rings is 1. The molecule has 0 saturated heterocycles. The molecule has 0 aliphatic carbocycles. The van der Waals surface area contributed by atoms with Crippen LogP contribution in [-0.4, -0.2) is 19.3 Å². The predicted octanol–water partition coefficient (Wildman–Crippen LogP) is 2.64. The number of amides is 1. The number of hydrogen-bond acceptors (Lipinski definition) is 5. The molecule has 0 aliphatic rings. The van der Waals surface area contributed by atoms with E-state index in [0.717, 1.165) is 34.2 Å². The van der Waals surface area contributed by atoms with Gasteiger partial charge >= 0.3 is 0 Å². The van der Waals surface area contributed by atoms with Crippen molar-refractivity contribution in [1.29, 1.82) is 0 Å². The SMILES string of the molecule is NS(=O)(=O)c1cnc(NC(=O)Cc2ccc(-c3ccccc3)cc2)s1. The maximum Gasteiger partial charge on any atom is 0.249 e. The van der Waals surface area contributed by atoms with Crippen molar-refractivity contribution >= 4 is 32.4 Å². The largest absolute Gasteiger partial charge is 0.302 e. The van der Waals surface area contributed by atoms with Crippen molar-refractivity contribution in [3.63, 3.8) is 0 Å². The van der Waals surface area contributed by atoms with Crippen molar-refractivity contribution in [1.82, 2.24) is 4.98 Å². The van der Waals surface area contributed by atoms with Gasteiger partial charge in [-0.1, -0.05) is 65.9 Å². The van der Waals surface area contributed by atoms with Gasteiger partial charge in [-0.25, -0.2) is 18.5 Å². The molecule has 0 fully saturated rings. The summed E-state index contributed by atoms with van der Waals surface area (Å²) in [6.07, 6.45) is 1.30. The molecule has 0 atom stereocenters. The van der Waals surface area contributed by atoms with E-state index in [1.807, 2.05) is 54.6 Å². The molecule has 2 aromatic carbocycles. The number of anilines is 1. The molecule has 0 saturated carbocycles. The molecule has 1 heterocycles. The minimum absolute atomic E-state index is 0.0879. The van der Waals surface area contributed by atoms with E-state index in [2.05, 4.69) is 10.3 Å². The third-order valence-corrected chi connectivity index (χ3v) is 5.76. The number of primary sulfonamides is 1. The lowest BCUT2D eigenvalue weighted by atomic mass is 10.0.